The molecule has 0 aliphatic carbocycles. The second-order valence-electron chi connectivity index (χ2n) is 5.49. The van der Waals surface area contributed by atoms with Gasteiger partial charge in [0.1, 0.15) is 0 Å². The first-order valence-corrected chi connectivity index (χ1v) is 9.22. The van der Waals surface area contributed by atoms with Crippen molar-refractivity contribution in [3.05, 3.63) is 29.3 Å². The van der Waals surface area contributed by atoms with Gasteiger partial charge in [0.2, 0.25) is 15.9 Å². The molecule has 0 aromatic heterocycles. The SMILES string of the molecule is CCC(C)C(=O)N1CCN(S(=O)(=O)c2ccc(Cl)cc2)CC1. The number of carbonyl (C=O) groups excluding carboxylic acids is 1. The van der Waals surface area contributed by atoms with E-state index in [0.29, 0.717) is 31.2 Å². The number of piperazine rings is 1. The van der Waals surface area contributed by atoms with Gasteiger partial charge in [-0.1, -0.05) is 25.4 Å². The molecule has 1 amide bonds. The van der Waals surface area contributed by atoms with Crippen molar-refractivity contribution < 1.29 is 13.2 Å². The van der Waals surface area contributed by atoms with Gasteiger partial charge in [-0.05, 0) is 30.7 Å². The highest BCUT2D eigenvalue weighted by atomic mass is 35.5. The van der Waals surface area contributed by atoms with Crippen LogP contribution in [0.1, 0.15) is 20.3 Å². The molecule has 7 heteroatoms. The van der Waals surface area contributed by atoms with Crippen molar-refractivity contribution >= 4 is 27.5 Å². The number of carbonyl (C=O) groups is 1. The predicted molar refractivity (Wildman–Crippen MR) is 86.2 cm³/mol. The summed E-state index contributed by atoms with van der Waals surface area (Å²) in [5.41, 5.74) is 0. The average molecular weight is 345 g/mol. The average Bonchev–Trinajstić information content (AvgIpc) is 2.54. The molecule has 2 rings (SSSR count). The Kier molecular flexibility index (Phi) is 5.47. The van der Waals surface area contributed by atoms with E-state index in [4.69, 9.17) is 11.6 Å². The summed E-state index contributed by atoms with van der Waals surface area (Å²) in [6, 6.07) is 6.15. The minimum absolute atomic E-state index is 0.0144. The van der Waals surface area contributed by atoms with Crippen LogP contribution in [0.15, 0.2) is 29.2 Å². The molecular weight excluding hydrogens is 324 g/mol. The molecule has 1 heterocycles. The summed E-state index contributed by atoms with van der Waals surface area (Å²) in [5.74, 6) is 0.0884. The monoisotopic (exact) mass is 344 g/mol. The molecular formula is C15H21ClN2O3S. The Morgan fingerprint density at radius 2 is 1.73 bits per heavy atom. The van der Waals surface area contributed by atoms with Crippen LogP contribution in [0, 0.1) is 5.92 Å². The number of amides is 1. The van der Waals surface area contributed by atoms with Gasteiger partial charge in [0.25, 0.3) is 0 Å². The van der Waals surface area contributed by atoms with Crippen LogP contribution in [0.5, 0.6) is 0 Å². The third-order valence-electron chi connectivity index (χ3n) is 4.04. The minimum atomic E-state index is -3.52. The maximum atomic E-state index is 12.5. The molecule has 122 valence electrons. The van der Waals surface area contributed by atoms with Gasteiger partial charge < -0.3 is 4.90 Å². The van der Waals surface area contributed by atoms with E-state index in [1.165, 1.54) is 16.4 Å². The van der Waals surface area contributed by atoms with Crippen LogP contribution in [-0.2, 0) is 14.8 Å². The zero-order valence-electron chi connectivity index (χ0n) is 12.8. The Balaban J connectivity index is 2.05. The molecule has 0 bridgehead atoms. The summed E-state index contributed by atoms with van der Waals surface area (Å²) >= 11 is 5.79. The van der Waals surface area contributed by atoms with Gasteiger partial charge in [-0.2, -0.15) is 4.31 Å². The van der Waals surface area contributed by atoms with Crippen molar-refractivity contribution in [2.75, 3.05) is 26.2 Å². The Morgan fingerprint density at radius 1 is 1.18 bits per heavy atom. The van der Waals surface area contributed by atoms with E-state index in [-0.39, 0.29) is 16.7 Å². The molecule has 5 nitrogen and oxygen atoms in total. The number of benzene rings is 1. The lowest BCUT2D eigenvalue weighted by Crippen LogP contribution is -2.51. The van der Waals surface area contributed by atoms with E-state index in [1.807, 2.05) is 13.8 Å². The molecule has 0 radical (unpaired) electrons. The van der Waals surface area contributed by atoms with Crippen LogP contribution in [-0.4, -0.2) is 49.7 Å². The molecule has 1 atom stereocenters. The van der Waals surface area contributed by atoms with Crippen LogP contribution < -0.4 is 0 Å². The Bertz CT molecular complexity index is 623. The maximum absolute atomic E-state index is 12.5. The fraction of sp³-hybridized carbons (Fsp3) is 0.533. The molecule has 0 saturated carbocycles. The standard InChI is InChI=1S/C15H21ClN2O3S/c1-3-12(2)15(19)17-8-10-18(11-9-17)22(20,21)14-6-4-13(16)5-7-14/h4-7,12H,3,8-11H2,1-2H3. The van der Waals surface area contributed by atoms with E-state index in [1.54, 1.807) is 17.0 Å². The third-order valence-corrected chi connectivity index (χ3v) is 6.20. The second kappa shape index (κ2) is 6.98. The zero-order valence-corrected chi connectivity index (χ0v) is 14.4. The van der Waals surface area contributed by atoms with Gasteiger partial charge in [0, 0.05) is 37.1 Å². The Hall–Kier alpha value is -1.11. The van der Waals surface area contributed by atoms with Gasteiger partial charge in [0.05, 0.1) is 4.90 Å². The van der Waals surface area contributed by atoms with E-state index in [9.17, 15) is 13.2 Å². The highest BCUT2D eigenvalue weighted by molar-refractivity contribution is 7.89. The van der Waals surface area contributed by atoms with Crippen molar-refractivity contribution in [2.45, 2.75) is 25.2 Å². The largest absolute Gasteiger partial charge is 0.340 e. The highest BCUT2D eigenvalue weighted by Gasteiger charge is 2.30. The molecule has 1 aromatic carbocycles. The van der Waals surface area contributed by atoms with Gasteiger partial charge in [-0.15, -0.1) is 0 Å². The number of rotatable bonds is 4. The number of halogens is 1. The Labute approximate surface area is 136 Å². The predicted octanol–water partition coefficient (Wildman–Crippen LogP) is 2.22. The number of nitrogens with zero attached hydrogens (tertiary/aromatic N) is 2. The van der Waals surface area contributed by atoms with Crippen LogP contribution >= 0.6 is 11.6 Å². The molecule has 1 aliphatic heterocycles. The van der Waals surface area contributed by atoms with Gasteiger partial charge in [-0.3, -0.25) is 4.79 Å². The van der Waals surface area contributed by atoms with Crippen molar-refractivity contribution in [1.82, 2.24) is 9.21 Å². The molecule has 22 heavy (non-hydrogen) atoms. The second-order valence-corrected chi connectivity index (χ2v) is 7.87. The van der Waals surface area contributed by atoms with Crippen LogP contribution in [0.3, 0.4) is 0 Å². The lowest BCUT2D eigenvalue weighted by Gasteiger charge is -2.35. The summed E-state index contributed by atoms with van der Waals surface area (Å²) < 4.78 is 26.5. The molecule has 1 unspecified atom stereocenters. The van der Waals surface area contributed by atoms with Crippen molar-refractivity contribution in [1.29, 1.82) is 0 Å². The first-order valence-electron chi connectivity index (χ1n) is 7.40. The van der Waals surface area contributed by atoms with Crippen molar-refractivity contribution in [3.63, 3.8) is 0 Å². The van der Waals surface area contributed by atoms with E-state index in [2.05, 4.69) is 0 Å². The van der Waals surface area contributed by atoms with Crippen LogP contribution in [0.25, 0.3) is 0 Å². The minimum Gasteiger partial charge on any atom is -0.340 e. The number of hydrogen-bond acceptors (Lipinski definition) is 3. The topological polar surface area (TPSA) is 57.7 Å². The normalized spacial score (nSPS) is 18.2. The quantitative estimate of drug-likeness (QED) is 0.841. The number of hydrogen-bond donors (Lipinski definition) is 0. The summed E-state index contributed by atoms with van der Waals surface area (Å²) in [7, 11) is -3.52. The summed E-state index contributed by atoms with van der Waals surface area (Å²) in [4.78, 5) is 14.1. The van der Waals surface area contributed by atoms with E-state index in [0.717, 1.165) is 6.42 Å². The summed E-state index contributed by atoms with van der Waals surface area (Å²) in [5, 5.41) is 0.503. The van der Waals surface area contributed by atoms with Crippen LogP contribution in [0.2, 0.25) is 5.02 Å². The zero-order chi connectivity index (χ0) is 16.3. The molecule has 1 aromatic rings. The molecule has 1 aliphatic rings. The highest BCUT2D eigenvalue weighted by Crippen LogP contribution is 2.20. The maximum Gasteiger partial charge on any atom is 0.243 e. The number of sulfonamides is 1. The Morgan fingerprint density at radius 3 is 2.23 bits per heavy atom. The van der Waals surface area contributed by atoms with Crippen molar-refractivity contribution in [2.24, 2.45) is 5.92 Å². The lowest BCUT2D eigenvalue weighted by molar-refractivity contribution is -0.136. The first-order chi connectivity index (χ1) is 10.4. The fourth-order valence-corrected chi connectivity index (χ4v) is 3.94. The molecule has 1 fully saturated rings. The third kappa shape index (κ3) is 3.62. The molecule has 0 N–H and O–H groups in total. The van der Waals surface area contributed by atoms with Gasteiger partial charge in [-0.25, -0.2) is 8.42 Å². The summed E-state index contributed by atoms with van der Waals surface area (Å²) in [6.07, 6.45) is 0.794. The van der Waals surface area contributed by atoms with Crippen molar-refractivity contribution in [3.8, 4) is 0 Å². The van der Waals surface area contributed by atoms with Gasteiger partial charge in [0.15, 0.2) is 0 Å². The lowest BCUT2D eigenvalue weighted by atomic mass is 10.1. The van der Waals surface area contributed by atoms with Crippen LogP contribution in [0.4, 0.5) is 0 Å². The first kappa shape index (κ1) is 17.2. The van der Waals surface area contributed by atoms with Gasteiger partial charge >= 0.3 is 0 Å². The smallest absolute Gasteiger partial charge is 0.243 e. The molecule has 0 spiro atoms. The fourth-order valence-electron chi connectivity index (χ4n) is 2.39. The van der Waals surface area contributed by atoms with E-state index >= 15 is 0 Å². The molecule has 1 saturated heterocycles. The summed E-state index contributed by atoms with van der Waals surface area (Å²) in [6.45, 7) is 5.41. The van der Waals surface area contributed by atoms with E-state index < -0.39 is 10.0 Å².